The van der Waals surface area contributed by atoms with E-state index < -0.39 is 14.2 Å². The molecule has 0 saturated heterocycles. The molecule has 16 heavy (non-hydrogen) atoms. The highest BCUT2D eigenvalue weighted by Crippen LogP contribution is 2.07. The van der Waals surface area contributed by atoms with Gasteiger partial charge in [-0.25, -0.2) is 0 Å². The van der Waals surface area contributed by atoms with Crippen molar-refractivity contribution in [2.24, 2.45) is 0 Å². The normalized spacial score (nSPS) is 10.5. The third-order valence-corrected chi connectivity index (χ3v) is 2.29. The van der Waals surface area contributed by atoms with Gasteiger partial charge in [-0.15, -0.1) is 0 Å². The monoisotopic (exact) mass is 218 g/mol. The van der Waals surface area contributed by atoms with Crippen LogP contribution in [-0.2, 0) is 0 Å². The zero-order valence-electron chi connectivity index (χ0n) is 8.15. The fourth-order valence-corrected chi connectivity index (χ4v) is 1.57. The Kier molecular flexibility index (Phi) is 2.88. The van der Waals surface area contributed by atoms with Crippen LogP contribution >= 0.6 is 0 Å². The Morgan fingerprint density at radius 1 is 0.938 bits per heavy atom. The highest BCUT2D eigenvalue weighted by Gasteiger charge is 2.21. The van der Waals surface area contributed by atoms with Crippen LogP contribution in [0.4, 0.5) is 0 Å². The summed E-state index contributed by atoms with van der Waals surface area (Å²) in [6, 6.07) is 4.69. The molecule has 80 valence electrons. The lowest BCUT2D eigenvalue weighted by molar-refractivity contribution is 0.423. The van der Waals surface area contributed by atoms with Crippen LogP contribution in [0.15, 0.2) is 24.4 Å². The molecule has 0 unspecified atom stereocenters. The van der Waals surface area contributed by atoms with Crippen LogP contribution < -0.4 is 11.1 Å². The van der Waals surface area contributed by atoms with Gasteiger partial charge in [0.1, 0.15) is 5.59 Å². The maximum absolute atomic E-state index is 9.13. The Balaban J connectivity index is 2.76. The zero-order chi connectivity index (χ0) is 11.7. The van der Waals surface area contributed by atoms with Crippen molar-refractivity contribution in [2.75, 3.05) is 0 Å². The first-order valence-electron chi connectivity index (χ1n) is 4.57. The summed E-state index contributed by atoms with van der Waals surface area (Å²) in [6.07, 6.45) is 1.34. The molecule has 1 heterocycles. The minimum absolute atomic E-state index is 0.0139. The molecule has 0 atom stereocenters. The standard InChI is InChI=1S/C8H8B2N2O4/c13-9(14)7-3-1-2-5-6(7)4-11-12-8(5)10(15)16/h1-4,13-16H. The first-order chi connectivity index (χ1) is 7.61. The lowest BCUT2D eigenvalue weighted by Gasteiger charge is -2.07. The number of fused-ring (bicyclic) bond motifs is 1. The van der Waals surface area contributed by atoms with Crippen LogP contribution in [0.3, 0.4) is 0 Å². The summed E-state index contributed by atoms with van der Waals surface area (Å²) in [5.41, 5.74) is 0.231. The minimum atomic E-state index is -1.75. The van der Waals surface area contributed by atoms with Gasteiger partial charge in [-0.1, -0.05) is 18.2 Å². The molecular weight excluding hydrogens is 210 g/mol. The first-order valence-corrected chi connectivity index (χ1v) is 4.57. The fraction of sp³-hybridized carbons (Fsp3) is 0. The largest absolute Gasteiger partial charge is 0.510 e. The van der Waals surface area contributed by atoms with E-state index in [2.05, 4.69) is 10.2 Å². The number of benzene rings is 1. The van der Waals surface area contributed by atoms with E-state index in [1.54, 1.807) is 12.1 Å². The summed E-state index contributed by atoms with van der Waals surface area (Å²) in [5, 5.41) is 44.5. The Labute approximate surface area is 91.5 Å². The number of hydrogen-bond donors (Lipinski definition) is 4. The molecule has 8 heteroatoms. The van der Waals surface area contributed by atoms with E-state index >= 15 is 0 Å². The van der Waals surface area contributed by atoms with Crippen LogP contribution in [0.2, 0.25) is 0 Å². The molecule has 0 aliphatic carbocycles. The lowest BCUT2D eigenvalue weighted by atomic mass is 9.75. The van der Waals surface area contributed by atoms with Gasteiger partial charge in [0.15, 0.2) is 0 Å². The van der Waals surface area contributed by atoms with E-state index in [9.17, 15) is 0 Å². The highest BCUT2D eigenvalue weighted by molar-refractivity contribution is 6.64. The van der Waals surface area contributed by atoms with Crippen LogP contribution in [0.1, 0.15) is 0 Å². The topological polar surface area (TPSA) is 107 Å². The Bertz CT molecular complexity index is 473. The molecule has 0 aliphatic rings. The van der Waals surface area contributed by atoms with Crippen molar-refractivity contribution in [3.63, 3.8) is 0 Å². The summed E-state index contributed by atoms with van der Waals surface area (Å²) in [7, 11) is -3.39. The molecule has 2 aromatic rings. The SMILES string of the molecule is OB(O)c1cccc2c(B(O)O)nncc12. The first kappa shape index (κ1) is 11.0. The Hall–Kier alpha value is -1.47. The highest BCUT2D eigenvalue weighted by atomic mass is 16.4. The molecule has 0 radical (unpaired) electrons. The van der Waals surface area contributed by atoms with Crippen molar-refractivity contribution >= 4 is 36.1 Å². The van der Waals surface area contributed by atoms with Gasteiger partial charge in [0.2, 0.25) is 0 Å². The quantitative estimate of drug-likeness (QED) is 0.400. The average Bonchev–Trinajstić information content (AvgIpc) is 2.27. The second-order valence-corrected chi connectivity index (χ2v) is 3.29. The average molecular weight is 218 g/mol. The Morgan fingerprint density at radius 2 is 1.69 bits per heavy atom. The van der Waals surface area contributed by atoms with Crippen molar-refractivity contribution in [3.05, 3.63) is 24.4 Å². The van der Waals surface area contributed by atoms with Gasteiger partial charge >= 0.3 is 14.2 Å². The van der Waals surface area contributed by atoms with Gasteiger partial charge in [0, 0.05) is 10.8 Å². The molecule has 1 aromatic carbocycles. The van der Waals surface area contributed by atoms with Gasteiger partial charge in [0.05, 0.1) is 6.20 Å². The molecular formula is C8H8B2N2O4. The second kappa shape index (κ2) is 4.18. The minimum Gasteiger partial charge on any atom is -0.423 e. The lowest BCUT2D eigenvalue weighted by Crippen LogP contribution is -2.36. The van der Waals surface area contributed by atoms with Crippen molar-refractivity contribution in [2.45, 2.75) is 0 Å². The van der Waals surface area contributed by atoms with Crippen molar-refractivity contribution in [1.29, 1.82) is 0 Å². The fourth-order valence-electron chi connectivity index (χ4n) is 1.57. The predicted octanol–water partition coefficient (Wildman–Crippen LogP) is -3.01. The van der Waals surface area contributed by atoms with Crippen LogP contribution in [0.25, 0.3) is 10.8 Å². The maximum atomic E-state index is 9.13. The summed E-state index contributed by atoms with van der Waals surface area (Å²) in [4.78, 5) is 0. The number of aromatic nitrogens is 2. The summed E-state index contributed by atoms with van der Waals surface area (Å²) in [5.74, 6) is 0. The molecule has 0 saturated carbocycles. The van der Waals surface area contributed by atoms with Crippen LogP contribution in [0, 0.1) is 0 Å². The summed E-state index contributed by atoms with van der Waals surface area (Å²) >= 11 is 0. The molecule has 6 nitrogen and oxygen atoms in total. The van der Waals surface area contributed by atoms with Crippen molar-refractivity contribution in [3.8, 4) is 0 Å². The van der Waals surface area contributed by atoms with Crippen LogP contribution in [0.5, 0.6) is 0 Å². The van der Waals surface area contributed by atoms with E-state index in [-0.39, 0.29) is 11.1 Å². The predicted molar refractivity (Wildman–Crippen MR) is 59.2 cm³/mol. The number of rotatable bonds is 2. The number of hydrogen-bond acceptors (Lipinski definition) is 6. The molecule has 0 aliphatic heterocycles. The van der Waals surface area contributed by atoms with E-state index in [4.69, 9.17) is 20.1 Å². The van der Waals surface area contributed by atoms with Gasteiger partial charge in [-0.3, -0.25) is 0 Å². The second-order valence-electron chi connectivity index (χ2n) is 3.29. The molecule has 1 aromatic heterocycles. The van der Waals surface area contributed by atoms with Crippen LogP contribution in [-0.4, -0.2) is 44.5 Å². The van der Waals surface area contributed by atoms with Gasteiger partial charge in [-0.2, -0.15) is 10.2 Å². The van der Waals surface area contributed by atoms with E-state index in [1.807, 2.05) is 0 Å². The molecule has 0 bridgehead atoms. The molecule has 0 spiro atoms. The Morgan fingerprint density at radius 3 is 2.31 bits per heavy atom. The van der Waals surface area contributed by atoms with Gasteiger partial charge < -0.3 is 20.1 Å². The summed E-state index contributed by atoms with van der Waals surface area (Å²) in [6.45, 7) is 0. The molecule has 4 N–H and O–H groups in total. The molecule has 2 rings (SSSR count). The number of nitrogens with zero attached hydrogens (tertiary/aromatic N) is 2. The third-order valence-electron chi connectivity index (χ3n) is 2.29. The van der Waals surface area contributed by atoms with Gasteiger partial charge in [0.25, 0.3) is 0 Å². The van der Waals surface area contributed by atoms with Crippen molar-refractivity contribution in [1.82, 2.24) is 10.2 Å². The van der Waals surface area contributed by atoms with Gasteiger partial charge in [-0.05, 0) is 5.46 Å². The molecule has 0 fully saturated rings. The van der Waals surface area contributed by atoms with E-state index in [1.165, 1.54) is 12.3 Å². The third kappa shape index (κ3) is 1.79. The van der Waals surface area contributed by atoms with E-state index in [0.717, 1.165) is 0 Å². The summed E-state index contributed by atoms with van der Waals surface area (Å²) < 4.78 is 0. The molecule has 0 amide bonds. The maximum Gasteiger partial charge on any atom is 0.510 e. The van der Waals surface area contributed by atoms with Crippen molar-refractivity contribution < 1.29 is 20.1 Å². The zero-order valence-corrected chi connectivity index (χ0v) is 8.15. The van der Waals surface area contributed by atoms with E-state index in [0.29, 0.717) is 10.8 Å². The smallest absolute Gasteiger partial charge is 0.423 e.